The van der Waals surface area contributed by atoms with Crippen molar-refractivity contribution in [3.05, 3.63) is 40.7 Å². The van der Waals surface area contributed by atoms with Gasteiger partial charge < -0.3 is 0 Å². The highest BCUT2D eigenvalue weighted by atomic mass is 32.2. The summed E-state index contributed by atoms with van der Waals surface area (Å²) in [5.41, 5.74) is 5.84. The maximum atomic E-state index is 4.22. The van der Waals surface area contributed by atoms with Crippen LogP contribution in [0.1, 0.15) is 40.3 Å². The molecule has 3 rings (SSSR count). The van der Waals surface area contributed by atoms with E-state index in [0.717, 1.165) is 5.16 Å². The maximum absolute atomic E-state index is 4.22. The van der Waals surface area contributed by atoms with Crippen molar-refractivity contribution in [1.29, 1.82) is 0 Å². The molecule has 0 saturated carbocycles. The number of hydrogen-bond acceptors (Lipinski definition) is 3. The summed E-state index contributed by atoms with van der Waals surface area (Å²) >= 11 is 1.80. The Morgan fingerprint density at radius 1 is 1.33 bits per heavy atom. The third-order valence-corrected chi connectivity index (χ3v) is 4.73. The zero-order chi connectivity index (χ0) is 12.5. The molecule has 4 heteroatoms. The molecule has 94 valence electrons. The number of fused-ring (bicyclic) bond motifs is 1. The molecule has 1 aliphatic rings. The fourth-order valence-electron chi connectivity index (χ4n) is 2.79. The van der Waals surface area contributed by atoms with Gasteiger partial charge >= 0.3 is 0 Å². The number of thioether (sulfide) groups is 1. The van der Waals surface area contributed by atoms with E-state index in [1.807, 2.05) is 0 Å². The Bertz CT molecular complexity index is 548. The third-order valence-electron chi connectivity index (χ3n) is 3.54. The molecular formula is C14H17N3S. The van der Waals surface area contributed by atoms with Crippen LogP contribution in [0, 0.1) is 13.8 Å². The van der Waals surface area contributed by atoms with Gasteiger partial charge in [-0.15, -0.1) is 0 Å². The van der Waals surface area contributed by atoms with Gasteiger partial charge in [-0.1, -0.05) is 29.5 Å². The lowest BCUT2D eigenvalue weighted by Crippen LogP contribution is -2.09. The molecule has 1 unspecified atom stereocenters. The molecule has 1 aromatic carbocycles. The molecule has 1 atom stereocenters. The van der Waals surface area contributed by atoms with Crippen molar-refractivity contribution in [2.24, 2.45) is 0 Å². The van der Waals surface area contributed by atoms with Gasteiger partial charge in [-0.25, -0.2) is 4.98 Å². The largest absolute Gasteiger partial charge is 0.254 e. The molecular weight excluding hydrogens is 242 g/mol. The van der Waals surface area contributed by atoms with Crippen molar-refractivity contribution < 1.29 is 0 Å². The van der Waals surface area contributed by atoms with E-state index in [0.29, 0.717) is 5.25 Å². The standard InChI is InChI=1S/C14H17N3S/c1-9-6-10(2)11-4-3-5-13(12(11)7-9)18-14-15-8-16-17-14/h6-8,13H,3-5H2,1-2H3,(H,15,16,17). The van der Waals surface area contributed by atoms with Crippen molar-refractivity contribution in [3.8, 4) is 0 Å². The number of H-pyrrole nitrogens is 1. The van der Waals surface area contributed by atoms with E-state index in [1.165, 1.54) is 36.0 Å². The molecule has 0 radical (unpaired) electrons. The van der Waals surface area contributed by atoms with E-state index in [1.54, 1.807) is 23.7 Å². The van der Waals surface area contributed by atoms with Gasteiger partial charge in [-0.2, -0.15) is 5.10 Å². The van der Waals surface area contributed by atoms with Crippen molar-refractivity contribution in [2.75, 3.05) is 0 Å². The molecule has 18 heavy (non-hydrogen) atoms. The normalized spacial score (nSPS) is 18.7. The maximum Gasteiger partial charge on any atom is 0.183 e. The smallest absolute Gasteiger partial charge is 0.183 e. The average molecular weight is 259 g/mol. The Balaban J connectivity index is 1.96. The van der Waals surface area contributed by atoms with E-state index >= 15 is 0 Å². The zero-order valence-electron chi connectivity index (χ0n) is 10.7. The van der Waals surface area contributed by atoms with Gasteiger partial charge in [0.2, 0.25) is 0 Å². The summed E-state index contributed by atoms with van der Waals surface area (Å²) < 4.78 is 0. The van der Waals surface area contributed by atoms with Crippen LogP contribution < -0.4 is 0 Å². The second kappa shape index (κ2) is 4.76. The highest BCUT2D eigenvalue weighted by Crippen LogP contribution is 2.43. The number of rotatable bonds is 2. The molecule has 0 saturated heterocycles. The zero-order valence-corrected chi connectivity index (χ0v) is 11.5. The lowest BCUT2D eigenvalue weighted by atomic mass is 9.87. The molecule has 2 aromatic rings. The van der Waals surface area contributed by atoms with Gasteiger partial charge in [0.25, 0.3) is 0 Å². The summed E-state index contributed by atoms with van der Waals surface area (Å²) in [4.78, 5) is 4.22. The first-order chi connectivity index (χ1) is 8.74. The quantitative estimate of drug-likeness (QED) is 0.896. The molecule has 1 aromatic heterocycles. The average Bonchev–Trinajstić information content (AvgIpc) is 2.83. The fourth-order valence-corrected chi connectivity index (χ4v) is 3.89. The van der Waals surface area contributed by atoms with Crippen LogP contribution in [0.4, 0.5) is 0 Å². The fraction of sp³-hybridized carbons (Fsp3) is 0.429. The highest BCUT2D eigenvalue weighted by Gasteiger charge is 2.23. The lowest BCUT2D eigenvalue weighted by molar-refractivity contribution is 0.668. The molecule has 0 amide bonds. The Hall–Kier alpha value is -1.29. The minimum Gasteiger partial charge on any atom is -0.254 e. The Morgan fingerprint density at radius 3 is 3.00 bits per heavy atom. The van der Waals surface area contributed by atoms with Crippen LogP contribution in [0.15, 0.2) is 23.6 Å². The predicted molar refractivity (Wildman–Crippen MR) is 73.8 cm³/mol. The van der Waals surface area contributed by atoms with Gasteiger partial charge in [0.15, 0.2) is 5.16 Å². The first kappa shape index (κ1) is 11.8. The van der Waals surface area contributed by atoms with Crippen molar-refractivity contribution in [3.63, 3.8) is 0 Å². The van der Waals surface area contributed by atoms with Crippen molar-refractivity contribution in [2.45, 2.75) is 43.5 Å². The molecule has 0 aliphatic heterocycles. The summed E-state index contributed by atoms with van der Waals surface area (Å²) in [6.07, 6.45) is 5.28. The van der Waals surface area contributed by atoms with Crippen LogP contribution in [0.5, 0.6) is 0 Å². The summed E-state index contributed by atoms with van der Waals surface area (Å²) in [7, 11) is 0. The lowest BCUT2D eigenvalue weighted by Gasteiger charge is -2.26. The van der Waals surface area contributed by atoms with Crippen LogP contribution in [-0.2, 0) is 6.42 Å². The molecule has 0 spiro atoms. The number of hydrogen-bond donors (Lipinski definition) is 1. The molecule has 0 bridgehead atoms. The summed E-state index contributed by atoms with van der Waals surface area (Å²) in [5, 5.41) is 8.31. The molecule has 1 aliphatic carbocycles. The Kier molecular flexibility index (Phi) is 3.12. The van der Waals surface area contributed by atoms with Crippen molar-refractivity contribution in [1.82, 2.24) is 15.2 Å². The van der Waals surface area contributed by atoms with Gasteiger partial charge in [0, 0.05) is 5.25 Å². The molecule has 3 nitrogen and oxygen atoms in total. The van der Waals surface area contributed by atoms with E-state index < -0.39 is 0 Å². The number of nitrogens with zero attached hydrogens (tertiary/aromatic N) is 2. The van der Waals surface area contributed by atoms with Crippen LogP contribution in [0.3, 0.4) is 0 Å². The van der Waals surface area contributed by atoms with Crippen LogP contribution in [0.2, 0.25) is 0 Å². The third kappa shape index (κ3) is 2.17. The van der Waals surface area contributed by atoms with E-state index in [-0.39, 0.29) is 0 Å². The Morgan fingerprint density at radius 2 is 2.22 bits per heavy atom. The predicted octanol–water partition coefficient (Wildman–Crippen LogP) is 3.59. The molecule has 1 N–H and O–H groups in total. The van der Waals surface area contributed by atoms with Crippen LogP contribution in [-0.4, -0.2) is 15.2 Å². The highest BCUT2D eigenvalue weighted by molar-refractivity contribution is 7.99. The van der Waals surface area contributed by atoms with E-state index in [4.69, 9.17) is 0 Å². The van der Waals surface area contributed by atoms with Gasteiger partial charge in [-0.05, 0) is 49.8 Å². The topological polar surface area (TPSA) is 41.6 Å². The first-order valence-corrected chi connectivity index (χ1v) is 7.24. The number of benzene rings is 1. The second-order valence-corrected chi connectivity index (χ2v) is 6.13. The minimum absolute atomic E-state index is 0.514. The van der Waals surface area contributed by atoms with Gasteiger partial charge in [0.1, 0.15) is 6.33 Å². The number of aromatic amines is 1. The van der Waals surface area contributed by atoms with Gasteiger partial charge in [-0.3, -0.25) is 5.10 Å². The first-order valence-electron chi connectivity index (χ1n) is 6.36. The summed E-state index contributed by atoms with van der Waals surface area (Å²) in [6.45, 7) is 4.41. The van der Waals surface area contributed by atoms with E-state index in [9.17, 15) is 0 Å². The summed E-state index contributed by atoms with van der Waals surface area (Å²) in [6, 6.07) is 4.63. The number of nitrogens with one attached hydrogen (secondary N) is 1. The Labute approximate surface area is 111 Å². The minimum atomic E-state index is 0.514. The van der Waals surface area contributed by atoms with Crippen molar-refractivity contribution >= 4 is 11.8 Å². The summed E-state index contributed by atoms with van der Waals surface area (Å²) in [5.74, 6) is 0. The molecule has 0 fully saturated rings. The van der Waals surface area contributed by atoms with Crippen LogP contribution in [0.25, 0.3) is 0 Å². The monoisotopic (exact) mass is 259 g/mol. The van der Waals surface area contributed by atoms with Crippen LogP contribution >= 0.6 is 11.8 Å². The molecule has 1 heterocycles. The number of aryl methyl sites for hydroxylation is 2. The second-order valence-electron chi connectivity index (χ2n) is 4.94. The SMILES string of the molecule is Cc1cc(C)c2c(c1)C(Sc1ncn[nH]1)CCC2. The number of aromatic nitrogens is 3. The van der Waals surface area contributed by atoms with Gasteiger partial charge in [0.05, 0.1) is 0 Å². The van der Waals surface area contributed by atoms with E-state index in [2.05, 4.69) is 41.2 Å².